The van der Waals surface area contributed by atoms with Gasteiger partial charge in [-0.1, -0.05) is 65.0 Å². The van der Waals surface area contributed by atoms with E-state index in [0.29, 0.717) is 6.04 Å². The average Bonchev–Trinajstić information content (AvgIpc) is 2.47. The Labute approximate surface area is 146 Å². The Kier molecular flexibility index (Phi) is 7.24. The van der Waals surface area contributed by atoms with E-state index in [1.807, 2.05) is 0 Å². The Hall–Kier alpha value is 0.140. The molecule has 1 aromatic rings. The van der Waals surface area contributed by atoms with Crippen LogP contribution in [0.1, 0.15) is 64.0 Å². The van der Waals surface area contributed by atoms with Gasteiger partial charge in [-0.3, -0.25) is 0 Å². The van der Waals surface area contributed by atoms with Crippen LogP contribution in [0.2, 0.25) is 0 Å². The van der Waals surface area contributed by atoms with Gasteiger partial charge in [-0.05, 0) is 61.4 Å². The summed E-state index contributed by atoms with van der Waals surface area (Å²) in [6.07, 6.45) is 8.08. The number of rotatable bonds is 6. The monoisotopic (exact) mass is 415 g/mol. The number of hydrogen-bond acceptors (Lipinski definition) is 1. The SMILES string of the molecule is CCCNC(c1cc(Br)cc(Br)c1)C1CCC(CC)CC1. The number of hydrogen-bond donors (Lipinski definition) is 1. The highest BCUT2D eigenvalue weighted by atomic mass is 79.9. The molecule has 1 aromatic carbocycles. The summed E-state index contributed by atoms with van der Waals surface area (Å²) < 4.78 is 2.33. The van der Waals surface area contributed by atoms with Crippen molar-refractivity contribution in [3.63, 3.8) is 0 Å². The minimum atomic E-state index is 0.497. The van der Waals surface area contributed by atoms with E-state index in [0.717, 1.165) is 27.3 Å². The van der Waals surface area contributed by atoms with Gasteiger partial charge in [0.2, 0.25) is 0 Å². The molecule has 3 heteroatoms. The minimum Gasteiger partial charge on any atom is -0.310 e. The number of nitrogens with one attached hydrogen (secondary N) is 1. The summed E-state index contributed by atoms with van der Waals surface area (Å²) in [5.41, 5.74) is 1.42. The van der Waals surface area contributed by atoms with Crippen LogP contribution in [0.4, 0.5) is 0 Å². The standard InChI is InChI=1S/C18H27Br2N/c1-3-9-21-18(14-7-5-13(4-2)6-8-14)15-10-16(19)12-17(20)11-15/h10-14,18,21H,3-9H2,1-2H3. The molecule has 0 aliphatic heterocycles. The molecule has 1 unspecified atom stereocenters. The summed E-state index contributed by atoms with van der Waals surface area (Å²) >= 11 is 7.27. The summed E-state index contributed by atoms with van der Waals surface area (Å²) in [7, 11) is 0. The molecule has 0 aromatic heterocycles. The normalized spacial score (nSPS) is 24.0. The molecule has 0 bridgehead atoms. The van der Waals surface area contributed by atoms with Gasteiger partial charge < -0.3 is 5.32 Å². The van der Waals surface area contributed by atoms with E-state index in [9.17, 15) is 0 Å². The van der Waals surface area contributed by atoms with Crippen LogP contribution < -0.4 is 5.32 Å². The molecular weight excluding hydrogens is 390 g/mol. The summed E-state index contributed by atoms with van der Waals surface area (Å²) in [6, 6.07) is 7.18. The fourth-order valence-electron chi connectivity index (χ4n) is 3.54. The molecule has 1 atom stereocenters. The van der Waals surface area contributed by atoms with E-state index in [2.05, 4.69) is 69.2 Å². The molecule has 2 rings (SSSR count). The summed E-state index contributed by atoms with van der Waals surface area (Å²) in [5, 5.41) is 3.80. The first-order chi connectivity index (χ1) is 10.1. The zero-order valence-electron chi connectivity index (χ0n) is 13.2. The number of halogens is 2. The first-order valence-corrected chi connectivity index (χ1v) is 9.92. The maximum Gasteiger partial charge on any atom is 0.0349 e. The first kappa shape index (κ1) is 17.5. The minimum absolute atomic E-state index is 0.497. The second kappa shape index (κ2) is 8.69. The molecule has 0 heterocycles. The van der Waals surface area contributed by atoms with Crippen molar-refractivity contribution >= 4 is 31.9 Å². The van der Waals surface area contributed by atoms with Crippen LogP contribution in [-0.2, 0) is 0 Å². The molecule has 1 aliphatic rings. The Morgan fingerprint density at radius 3 is 2.19 bits per heavy atom. The maximum atomic E-state index is 3.80. The third kappa shape index (κ3) is 5.07. The van der Waals surface area contributed by atoms with Crippen LogP contribution in [0.5, 0.6) is 0 Å². The highest BCUT2D eigenvalue weighted by Crippen LogP contribution is 2.39. The van der Waals surface area contributed by atoms with Crippen molar-refractivity contribution in [2.24, 2.45) is 11.8 Å². The molecular formula is C18H27Br2N. The van der Waals surface area contributed by atoms with E-state index in [1.165, 1.54) is 44.1 Å². The van der Waals surface area contributed by atoms with Crippen molar-refractivity contribution < 1.29 is 0 Å². The van der Waals surface area contributed by atoms with Crippen molar-refractivity contribution in [2.75, 3.05) is 6.54 Å². The van der Waals surface area contributed by atoms with Crippen molar-refractivity contribution in [3.05, 3.63) is 32.7 Å². The fraction of sp³-hybridized carbons (Fsp3) is 0.667. The quantitative estimate of drug-likeness (QED) is 0.560. The van der Waals surface area contributed by atoms with E-state index < -0.39 is 0 Å². The Bertz CT molecular complexity index is 419. The Balaban J connectivity index is 2.14. The molecule has 1 nitrogen and oxygen atoms in total. The third-order valence-electron chi connectivity index (χ3n) is 4.80. The lowest BCUT2D eigenvalue weighted by molar-refractivity contribution is 0.218. The van der Waals surface area contributed by atoms with Crippen molar-refractivity contribution in [1.29, 1.82) is 0 Å². The van der Waals surface area contributed by atoms with Crippen LogP contribution in [0.15, 0.2) is 27.1 Å². The molecule has 0 saturated heterocycles. The summed E-state index contributed by atoms with van der Waals surface area (Å²) in [4.78, 5) is 0. The van der Waals surface area contributed by atoms with Crippen LogP contribution in [0.3, 0.4) is 0 Å². The zero-order valence-corrected chi connectivity index (χ0v) is 16.3. The van der Waals surface area contributed by atoms with Gasteiger partial charge in [-0.25, -0.2) is 0 Å². The second-order valence-corrected chi connectivity index (χ2v) is 8.15. The average molecular weight is 417 g/mol. The molecule has 118 valence electrons. The van der Waals surface area contributed by atoms with Gasteiger partial charge >= 0.3 is 0 Å². The van der Waals surface area contributed by atoms with E-state index in [1.54, 1.807) is 0 Å². The van der Waals surface area contributed by atoms with Crippen molar-refractivity contribution in [2.45, 2.75) is 58.4 Å². The van der Waals surface area contributed by atoms with Gasteiger partial charge in [0, 0.05) is 15.0 Å². The van der Waals surface area contributed by atoms with Gasteiger partial charge in [0.15, 0.2) is 0 Å². The highest BCUT2D eigenvalue weighted by Gasteiger charge is 2.28. The largest absolute Gasteiger partial charge is 0.310 e. The maximum absolute atomic E-state index is 3.80. The third-order valence-corrected chi connectivity index (χ3v) is 5.71. The predicted molar refractivity (Wildman–Crippen MR) is 98.6 cm³/mol. The second-order valence-electron chi connectivity index (χ2n) is 6.32. The molecule has 1 fully saturated rings. The lowest BCUT2D eigenvalue weighted by atomic mass is 9.76. The lowest BCUT2D eigenvalue weighted by Gasteiger charge is -2.34. The first-order valence-electron chi connectivity index (χ1n) is 8.33. The van der Waals surface area contributed by atoms with E-state index in [4.69, 9.17) is 0 Å². The van der Waals surface area contributed by atoms with E-state index >= 15 is 0 Å². The molecule has 0 spiro atoms. The topological polar surface area (TPSA) is 12.0 Å². The summed E-state index contributed by atoms with van der Waals surface area (Å²) in [5.74, 6) is 1.74. The fourth-order valence-corrected chi connectivity index (χ4v) is 4.87. The van der Waals surface area contributed by atoms with Gasteiger partial charge in [0.05, 0.1) is 0 Å². The number of benzene rings is 1. The van der Waals surface area contributed by atoms with Gasteiger partial charge in [0.1, 0.15) is 0 Å². The van der Waals surface area contributed by atoms with Gasteiger partial charge in [0.25, 0.3) is 0 Å². The van der Waals surface area contributed by atoms with Crippen LogP contribution in [-0.4, -0.2) is 6.54 Å². The molecule has 0 radical (unpaired) electrons. The predicted octanol–water partition coefficient (Wildman–Crippen LogP) is 6.47. The Morgan fingerprint density at radius 1 is 1.05 bits per heavy atom. The smallest absolute Gasteiger partial charge is 0.0349 e. The molecule has 1 aliphatic carbocycles. The highest BCUT2D eigenvalue weighted by molar-refractivity contribution is 9.11. The molecule has 1 saturated carbocycles. The van der Waals surface area contributed by atoms with Crippen molar-refractivity contribution in [1.82, 2.24) is 5.32 Å². The molecule has 1 N–H and O–H groups in total. The lowest BCUT2D eigenvalue weighted by Crippen LogP contribution is -2.31. The molecule has 0 amide bonds. The summed E-state index contributed by atoms with van der Waals surface area (Å²) in [6.45, 7) is 5.68. The molecule has 21 heavy (non-hydrogen) atoms. The van der Waals surface area contributed by atoms with Gasteiger partial charge in [-0.2, -0.15) is 0 Å². The van der Waals surface area contributed by atoms with Crippen molar-refractivity contribution in [3.8, 4) is 0 Å². The van der Waals surface area contributed by atoms with Gasteiger partial charge in [-0.15, -0.1) is 0 Å². The Morgan fingerprint density at radius 2 is 1.67 bits per heavy atom. The zero-order chi connectivity index (χ0) is 15.2. The van der Waals surface area contributed by atoms with Crippen LogP contribution in [0.25, 0.3) is 0 Å². The van der Waals surface area contributed by atoms with E-state index in [-0.39, 0.29) is 0 Å². The van der Waals surface area contributed by atoms with Crippen LogP contribution in [0, 0.1) is 11.8 Å². The van der Waals surface area contributed by atoms with Crippen LogP contribution >= 0.6 is 31.9 Å².